The predicted octanol–water partition coefficient (Wildman–Crippen LogP) is 2.77. The number of benzene rings is 2. The molecule has 4 heteroatoms. The second-order valence-corrected chi connectivity index (χ2v) is 5.35. The fraction of sp³-hybridized carbons (Fsp3) is 0.167. The maximum atomic E-state index is 11.0. The SMILES string of the molecule is O=C(/C=C/c1ccc2c(c1)CCN2Cc1ccccc1)NO. The van der Waals surface area contributed by atoms with E-state index in [1.54, 1.807) is 11.6 Å². The summed E-state index contributed by atoms with van der Waals surface area (Å²) in [5.74, 6) is -0.522. The summed E-state index contributed by atoms with van der Waals surface area (Å²) in [4.78, 5) is 13.4. The summed E-state index contributed by atoms with van der Waals surface area (Å²) < 4.78 is 0. The minimum Gasteiger partial charge on any atom is -0.367 e. The average Bonchev–Trinajstić information content (AvgIpc) is 2.96. The maximum absolute atomic E-state index is 11.0. The summed E-state index contributed by atoms with van der Waals surface area (Å²) >= 11 is 0. The summed E-state index contributed by atoms with van der Waals surface area (Å²) in [6.45, 7) is 1.92. The molecule has 0 spiro atoms. The Bertz CT molecular complexity index is 695. The Hall–Kier alpha value is -2.59. The Kier molecular flexibility index (Phi) is 4.21. The van der Waals surface area contributed by atoms with Gasteiger partial charge in [-0.05, 0) is 41.3 Å². The minimum atomic E-state index is -0.522. The van der Waals surface area contributed by atoms with Gasteiger partial charge in [0.2, 0.25) is 0 Å². The molecule has 2 aromatic rings. The van der Waals surface area contributed by atoms with Crippen LogP contribution in [-0.4, -0.2) is 17.7 Å². The van der Waals surface area contributed by atoms with Crippen LogP contribution in [0.1, 0.15) is 16.7 Å². The second-order valence-electron chi connectivity index (χ2n) is 5.35. The number of hydrogen-bond acceptors (Lipinski definition) is 3. The lowest BCUT2D eigenvalue weighted by Gasteiger charge is -2.19. The van der Waals surface area contributed by atoms with Crippen LogP contribution in [0.5, 0.6) is 0 Å². The van der Waals surface area contributed by atoms with Crippen molar-refractivity contribution in [2.24, 2.45) is 0 Å². The molecule has 0 saturated heterocycles. The van der Waals surface area contributed by atoms with Crippen molar-refractivity contribution in [1.29, 1.82) is 0 Å². The Balaban J connectivity index is 1.75. The lowest BCUT2D eigenvalue weighted by molar-refractivity contribution is -0.124. The van der Waals surface area contributed by atoms with Gasteiger partial charge in [-0.25, -0.2) is 5.48 Å². The summed E-state index contributed by atoms with van der Waals surface area (Å²) in [6.07, 6.45) is 4.03. The monoisotopic (exact) mass is 294 g/mol. The van der Waals surface area contributed by atoms with Crippen molar-refractivity contribution in [3.63, 3.8) is 0 Å². The third-order valence-electron chi connectivity index (χ3n) is 3.85. The zero-order valence-corrected chi connectivity index (χ0v) is 12.2. The van der Waals surface area contributed by atoms with E-state index in [4.69, 9.17) is 5.21 Å². The van der Waals surface area contributed by atoms with Crippen LogP contribution in [0.4, 0.5) is 5.69 Å². The number of fused-ring (bicyclic) bond motifs is 1. The van der Waals surface area contributed by atoms with Gasteiger partial charge in [0.05, 0.1) is 0 Å². The van der Waals surface area contributed by atoms with E-state index in [9.17, 15) is 4.79 Å². The molecule has 0 fully saturated rings. The molecule has 2 N–H and O–H groups in total. The van der Waals surface area contributed by atoms with E-state index in [-0.39, 0.29) is 0 Å². The number of carbonyl (C=O) groups is 1. The molecule has 0 radical (unpaired) electrons. The topological polar surface area (TPSA) is 52.6 Å². The van der Waals surface area contributed by atoms with E-state index in [0.29, 0.717) is 0 Å². The normalized spacial score (nSPS) is 13.4. The number of hydroxylamine groups is 1. The molecule has 0 aliphatic carbocycles. The smallest absolute Gasteiger partial charge is 0.267 e. The molecule has 0 unspecified atom stereocenters. The standard InChI is InChI=1S/C18H18N2O2/c21-18(19-22)9-7-14-6-8-17-16(12-14)10-11-20(17)13-15-4-2-1-3-5-15/h1-9,12,22H,10-11,13H2,(H,19,21)/b9-7+. The minimum absolute atomic E-state index is 0.522. The van der Waals surface area contributed by atoms with Crippen LogP contribution in [0.25, 0.3) is 6.08 Å². The molecule has 1 aliphatic rings. The van der Waals surface area contributed by atoms with Crippen molar-refractivity contribution in [2.45, 2.75) is 13.0 Å². The molecule has 0 saturated carbocycles. The van der Waals surface area contributed by atoms with Gasteiger partial charge in [-0.3, -0.25) is 10.0 Å². The van der Waals surface area contributed by atoms with Gasteiger partial charge >= 0.3 is 0 Å². The van der Waals surface area contributed by atoms with Crippen molar-refractivity contribution < 1.29 is 10.0 Å². The molecule has 1 aliphatic heterocycles. The van der Waals surface area contributed by atoms with E-state index in [1.165, 1.54) is 22.9 Å². The van der Waals surface area contributed by atoms with Crippen molar-refractivity contribution in [3.05, 3.63) is 71.3 Å². The van der Waals surface area contributed by atoms with Crippen LogP contribution in [0.15, 0.2) is 54.6 Å². The van der Waals surface area contributed by atoms with Gasteiger partial charge in [-0.15, -0.1) is 0 Å². The maximum Gasteiger partial charge on any atom is 0.267 e. The summed E-state index contributed by atoms with van der Waals surface area (Å²) in [5, 5.41) is 8.49. The Morgan fingerprint density at radius 3 is 2.82 bits per heavy atom. The molecule has 0 atom stereocenters. The van der Waals surface area contributed by atoms with Crippen LogP contribution in [0, 0.1) is 0 Å². The Morgan fingerprint density at radius 2 is 2.05 bits per heavy atom. The number of anilines is 1. The number of amides is 1. The summed E-state index contributed by atoms with van der Waals surface area (Å²) in [7, 11) is 0. The zero-order valence-electron chi connectivity index (χ0n) is 12.2. The number of carbonyl (C=O) groups excluding carboxylic acids is 1. The van der Waals surface area contributed by atoms with Gasteiger partial charge in [0.1, 0.15) is 0 Å². The van der Waals surface area contributed by atoms with Crippen LogP contribution in [0.3, 0.4) is 0 Å². The van der Waals surface area contributed by atoms with E-state index in [2.05, 4.69) is 41.3 Å². The number of rotatable bonds is 4. The Labute approximate surface area is 129 Å². The molecule has 2 aromatic carbocycles. The highest BCUT2D eigenvalue weighted by atomic mass is 16.5. The van der Waals surface area contributed by atoms with Crippen molar-refractivity contribution in [2.75, 3.05) is 11.4 Å². The fourth-order valence-electron chi connectivity index (χ4n) is 2.77. The van der Waals surface area contributed by atoms with Crippen LogP contribution in [0.2, 0.25) is 0 Å². The third-order valence-corrected chi connectivity index (χ3v) is 3.85. The molecule has 0 bridgehead atoms. The molecule has 0 aromatic heterocycles. The molecule has 112 valence electrons. The van der Waals surface area contributed by atoms with Crippen molar-refractivity contribution in [3.8, 4) is 0 Å². The molecular weight excluding hydrogens is 276 g/mol. The first-order valence-corrected chi connectivity index (χ1v) is 7.30. The van der Waals surface area contributed by atoms with E-state index in [0.717, 1.165) is 25.1 Å². The lowest BCUT2D eigenvalue weighted by Crippen LogP contribution is -2.19. The second kappa shape index (κ2) is 6.45. The van der Waals surface area contributed by atoms with Crippen LogP contribution >= 0.6 is 0 Å². The Morgan fingerprint density at radius 1 is 1.23 bits per heavy atom. The molecule has 4 nitrogen and oxygen atoms in total. The van der Waals surface area contributed by atoms with Crippen LogP contribution in [-0.2, 0) is 17.8 Å². The molecule has 1 heterocycles. The first kappa shape index (κ1) is 14.4. The zero-order chi connectivity index (χ0) is 15.4. The predicted molar refractivity (Wildman–Crippen MR) is 86.6 cm³/mol. The summed E-state index contributed by atoms with van der Waals surface area (Å²) in [5.41, 5.74) is 6.41. The fourth-order valence-corrected chi connectivity index (χ4v) is 2.77. The van der Waals surface area contributed by atoms with Gasteiger partial charge in [-0.2, -0.15) is 0 Å². The number of hydrogen-bond donors (Lipinski definition) is 2. The number of nitrogens with zero attached hydrogens (tertiary/aromatic N) is 1. The van der Waals surface area contributed by atoms with Crippen molar-refractivity contribution in [1.82, 2.24) is 5.48 Å². The van der Waals surface area contributed by atoms with Gasteiger partial charge in [0.25, 0.3) is 5.91 Å². The highest BCUT2D eigenvalue weighted by molar-refractivity contribution is 5.90. The van der Waals surface area contributed by atoms with Gasteiger partial charge < -0.3 is 4.90 Å². The largest absolute Gasteiger partial charge is 0.367 e. The average molecular weight is 294 g/mol. The molecule has 1 amide bonds. The summed E-state index contributed by atoms with van der Waals surface area (Å²) in [6, 6.07) is 16.6. The lowest BCUT2D eigenvalue weighted by atomic mass is 10.1. The highest BCUT2D eigenvalue weighted by Crippen LogP contribution is 2.30. The quantitative estimate of drug-likeness (QED) is 0.518. The van der Waals surface area contributed by atoms with E-state index < -0.39 is 5.91 Å². The van der Waals surface area contributed by atoms with E-state index >= 15 is 0 Å². The molecular formula is C18H18N2O2. The van der Waals surface area contributed by atoms with Gasteiger partial charge in [0, 0.05) is 24.9 Å². The van der Waals surface area contributed by atoms with E-state index in [1.807, 2.05) is 12.1 Å². The number of nitrogens with one attached hydrogen (secondary N) is 1. The van der Waals surface area contributed by atoms with Gasteiger partial charge in [-0.1, -0.05) is 36.4 Å². The first-order chi connectivity index (χ1) is 10.8. The van der Waals surface area contributed by atoms with Gasteiger partial charge in [0.15, 0.2) is 0 Å². The van der Waals surface area contributed by atoms with Crippen LogP contribution < -0.4 is 10.4 Å². The van der Waals surface area contributed by atoms with Crippen molar-refractivity contribution >= 4 is 17.7 Å². The highest BCUT2D eigenvalue weighted by Gasteiger charge is 2.18. The third kappa shape index (κ3) is 3.18. The molecule has 22 heavy (non-hydrogen) atoms. The molecule has 3 rings (SSSR count). The first-order valence-electron chi connectivity index (χ1n) is 7.30.